The summed E-state index contributed by atoms with van der Waals surface area (Å²) in [5.74, 6) is 0.206. The normalized spacial score (nSPS) is 15.7. The minimum Gasteiger partial charge on any atom is -0.378 e. The number of hydrogen-bond acceptors (Lipinski definition) is 5. The molecule has 2 amide bonds. The van der Waals surface area contributed by atoms with E-state index in [2.05, 4.69) is 20.6 Å². The zero-order valence-electron chi connectivity index (χ0n) is 18.6. The fraction of sp³-hybridized carbons (Fsp3) is 0.280. The summed E-state index contributed by atoms with van der Waals surface area (Å²) in [5.41, 5.74) is 5.39. The molecule has 1 aliphatic rings. The Morgan fingerprint density at radius 3 is 2.34 bits per heavy atom. The number of nitrogens with zero attached hydrogens (tertiary/aromatic N) is 3. The molecule has 0 saturated carbocycles. The minimum atomic E-state index is -0.374. The maximum absolute atomic E-state index is 12.8. The average Bonchev–Trinajstić information content (AvgIpc) is 3.14. The smallest absolute Gasteiger partial charge is 0.229 e. The number of nitrogens with one attached hydrogen (secondary N) is 2. The van der Waals surface area contributed by atoms with Crippen molar-refractivity contribution in [1.29, 1.82) is 0 Å². The van der Waals surface area contributed by atoms with Crippen LogP contribution in [0.25, 0.3) is 0 Å². The van der Waals surface area contributed by atoms with E-state index in [-0.39, 0.29) is 24.2 Å². The van der Waals surface area contributed by atoms with Crippen LogP contribution in [0, 0.1) is 26.7 Å². The van der Waals surface area contributed by atoms with Gasteiger partial charge in [-0.15, -0.1) is 0 Å². The second-order valence-corrected chi connectivity index (χ2v) is 8.18. The average molecular weight is 430 g/mol. The Morgan fingerprint density at radius 1 is 1.00 bits per heavy atom. The maximum Gasteiger partial charge on any atom is 0.229 e. The van der Waals surface area contributed by atoms with Crippen LogP contribution in [0.4, 0.5) is 17.1 Å². The summed E-state index contributed by atoms with van der Waals surface area (Å²) >= 11 is 0. The maximum atomic E-state index is 12.8. The Hall–Kier alpha value is -3.74. The van der Waals surface area contributed by atoms with E-state index < -0.39 is 0 Å². The van der Waals surface area contributed by atoms with E-state index in [1.165, 1.54) is 0 Å². The third-order valence-corrected chi connectivity index (χ3v) is 5.53. The van der Waals surface area contributed by atoms with Gasteiger partial charge in [0.05, 0.1) is 12.5 Å². The SMILES string of the molecule is Cc1cc(C)nc(CNc2ccc(NC(=O)C3CC(=O)N(c4ccccc4C)C3)cc2)n1. The molecular weight excluding hydrogens is 402 g/mol. The minimum absolute atomic E-state index is 0.0207. The summed E-state index contributed by atoms with van der Waals surface area (Å²) in [6, 6.07) is 17.2. The number of carbonyl (C=O) groups excluding carboxylic acids is 2. The van der Waals surface area contributed by atoms with E-state index in [1.807, 2.05) is 75.4 Å². The second kappa shape index (κ2) is 9.18. The monoisotopic (exact) mass is 429 g/mol. The first-order valence-corrected chi connectivity index (χ1v) is 10.7. The summed E-state index contributed by atoms with van der Waals surface area (Å²) in [6.07, 6.45) is 0.218. The molecule has 2 heterocycles. The molecule has 164 valence electrons. The zero-order chi connectivity index (χ0) is 22.7. The van der Waals surface area contributed by atoms with Crippen molar-refractivity contribution in [1.82, 2.24) is 9.97 Å². The van der Waals surface area contributed by atoms with Crippen LogP contribution in [0.3, 0.4) is 0 Å². The van der Waals surface area contributed by atoms with Crippen LogP contribution in [0.15, 0.2) is 54.6 Å². The van der Waals surface area contributed by atoms with E-state index in [1.54, 1.807) is 4.90 Å². The van der Waals surface area contributed by atoms with E-state index in [0.717, 1.165) is 34.2 Å². The number of amides is 2. The van der Waals surface area contributed by atoms with Gasteiger partial charge in [0, 0.05) is 41.4 Å². The lowest BCUT2D eigenvalue weighted by atomic mass is 10.1. The van der Waals surface area contributed by atoms with Gasteiger partial charge in [-0.25, -0.2) is 9.97 Å². The van der Waals surface area contributed by atoms with E-state index in [9.17, 15) is 9.59 Å². The lowest BCUT2D eigenvalue weighted by Crippen LogP contribution is -2.28. The predicted octanol–water partition coefficient (Wildman–Crippen LogP) is 4.01. The number of anilines is 3. The molecule has 0 spiro atoms. The number of rotatable bonds is 6. The molecular formula is C25H27N5O2. The molecule has 2 aromatic carbocycles. The third kappa shape index (κ3) is 4.94. The standard InChI is InChI=1S/C25H27N5O2/c1-16-6-4-5-7-22(16)30-15-19(13-24(30)31)25(32)29-21-10-8-20(9-11-21)26-14-23-27-17(2)12-18(3)28-23/h4-12,19,26H,13-15H2,1-3H3,(H,29,32). The molecule has 7 nitrogen and oxygen atoms in total. The van der Waals surface area contributed by atoms with Gasteiger partial charge in [-0.05, 0) is 62.7 Å². The van der Waals surface area contributed by atoms with Gasteiger partial charge in [-0.2, -0.15) is 0 Å². The lowest BCUT2D eigenvalue weighted by Gasteiger charge is -2.19. The fourth-order valence-electron chi connectivity index (χ4n) is 3.96. The molecule has 0 bridgehead atoms. The summed E-state index contributed by atoms with van der Waals surface area (Å²) in [6.45, 7) is 6.79. The van der Waals surface area contributed by atoms with E-state index >= 15 is 0 Å². The van der Waals surface area contributed by atoms with Gasteiger partial charge in [-0.3, -0.25) is 9.59 Å². The van der Waals surface area contributed by atoms with E-state index in [0.29, 0.717) is 18.8 Å². The van der Waals surface area contributed by atoms with Crippen molar-refractivity contribution in [2.45, 2.75) is 33.7 Å². The van der Waals surface area contributed by atoms with Gasteiger partial charge >= 0.3 is 0 Å². The molecule has 0 aliphatic carbocycles. The second-order valence-electron chi connectivity index (χ2n) is 8.18. The Labute approximate surface area is 187 Å². The van der Waals surface area contributed by atoms with Crippen molar-refractivity contribution < 1.29 is 9.59 Å². The van der Waals surface area contributed by atoms with Crippen LogP contribution in [-0.4, -0.2) is 28.3 Å². The van der Waals surface area contributed by atoms with Crippen LogP contribution in [0.1, 0.15) is 29.2 Å². The molecule has 32 heavy (non-hydrogen) atoms. The van der Waals surface area contributed by atoms with Crippen LogP contribution in [0.5, 0.6) is 0 Å². The fourth-order valence-corrected chi connectivity index (χ4v) is 3.96. The molecule has 1 aromatic heterocycles. The van der Waals surface area contributed by atoms with E-state index in [4.69, 9.17) is 0 Å². The Morgan fingerprint density at radius 2 is 1.66 bits per heavy atom. The third-order valence-electron chi connectivity index (χ3n) is 5.53. The Balaban J connectivity index is 1.34. The highest BCUT2D eigenvalue weighted by molar-refractivity contribution is 6.03. The van der Waals surface area contributed by atoms with Crippen molar-refractivity contribution in [2.24, 2.45) is 5.92 Å². The molecule has 1 unspecified atom stereocenters. The molecule has 4 rings (SSSR count). The number of aryl methyl sites for hydroxylation is 3. The Bertz CT molecular complexity index is 1120. The largest absolute Gasteiger partial charge is 0.378 e. The molecule has 1 saturated heterocycles. The van der Waals surface area contributed by atoms with Crippen molar-refractivity contribution in [2.75, 3.05) is 22.1 Å². The summed E-state index contributed by atoms with van der Waals surface area (Å²) in [7, 11) is 0. The first-order chi connectivity index (χ1) is 15.4. The van der Waals surface area contributed by atoms with Gasteiger partial charge in [-0.1, -0.05) is 18.2 Å². The van der Waals surface area contributed by atoms with Gasteiger partial charge in [0.2, 0.25) is 11.8 Å². The topological polar surface area (TPSA) is 87.2 Å². The molecule has 3 aromatic rings. The van der Waals surface area contributed by atoms with Crippen LogP contribution in [0.2, 0.25) is 0 Å². The highest BCUT2D eigenvalue weighted by atomic mass is 16.2. The molecule has 1 fully saturated rings. The Kier molecular flexibility index (Phi) is 6.16. The molecule has 2 N–H and O–H groups in total. The van der Waals surface area contributed by atoms with Crippen LogP contribution in [-0.2, 0) is 16.1 Å². The van der Waals surface area contributed by atoms with Gasteiger partial charge in [0.15, 0.2) is 0 Å². The van der Waals surface area contributed by atoms with Crippen molar-refractivity contribution >= 4 is 28.9 Å². The molecule has 7 heteroatoms. The van der Waals surface area contributed by atoms with Crippen molar-refractivity contribution in [3.8, 4) is 0 Å². The van der Waals surface area contributed by atoms with Crippen molar-refractivity contribution in [3.05, 3.63) is 77.4 Å². The van der Waals surface area contributed by atoms with Crippen molar-refractivity contribution in [3.63, 3.8) is 0 Å². The van der Waals surface area contributed by atoms with Crippen LogP contribution >= 0.6 is 0 Å². The number of carbonyl (C=O) groups is 2. The summed E-state index contributed by atoms with van der Waals surface area (Å²) in [4.78, 5) is 35.8. The van der Waals surface area contributed by atoms with Gasteiger partial charge < -0.3 is 15.5 Å². The van der Waals surface area contributed by atoms with Gasteiger partial charge in [0.25, 0.3) is 0 Å². The first-order valence-electron chi connectivity index (χ1n) is 10.7. The highest BCUT2D eigenvalue weighted by Crippen LogP contribution is 2.28. The zero-order valence-corrected chi connectivity index (χ0v) is 18.6. The summed E-state index contributed by atoms with van der Waals surface area (Å²) in [5, 5.41) is 6.23. The number of benzene rings is 2. The quantitative estimate of drug-likeness (QED) is 0.618. The number of hydrogen-bond donors (Lipinski definition) is 2. The predicted molar refractivity (Wildman–Crippen MR) is 126 cm³/mol. The van der Waals surface area contributed by atoms with Gasteiger partial charge in [0.1, 0.15) is 5.82 Å². The molecule has 1 aliphatic heterocycles. The lowest BCUT2D eigenvalue weighted by molar-refractivity contribution is -0.122. The number of para-hydroxylation sites is 1. The van der Waals surface area contributed by atoms with Crippen LogP contribution < -0.4 is 15.5 Å². The summed E-state index contributed by atoms with van der Waals surface area (Å²) < 4.78 is 0. The first kappa shape index (κ1) is 21.5. The molecule has 1 atom stereocenters. The molecule has 0 radical (unpaired) electrons. The number of aromatic nitrogens is 2. The highest BCUT2D eigenvalue weighted by Gasteiger charge is 2.35.